The van der Waals surface area contributed by atoms with Gasteiger partial charge in [-0.1, -0.05) is 0 Å². The standard InChI is InChI=1S/C18H35N3O3/c1-14-9-20(3)11-16(23-14)8-18-13-21(4)12-17(24-18)7-15-10-19(2)5-6-22-15/h14-18H,5-13H2,1-4H3/t14?,15-,16?,17?,18+/m1/s1. The van der Waals surface area contributed by atoms with Crippen LogP contribution in [0.3, 0.4) is 0 Å². The van der Waals surface area contributed by atoms with Crippen LogP contribution in [0.15, 0.2) is 0 Å². The molecule has 0 aromatic rings. The summed E-state index contributed by atoms with van der Waals surface area (Å²) in [5.74, 6) is 0. The van der Waals surface area contributed by atoms with Gasteiger partial charge in [0.2, 0.25) is 0 Å². The number of hydrogen-bond acceptors (Lipinski definition) is 6. The van der Waals surface area contributed by atoms with Crippen molar-refractivity contribution < 1.29 is 14.2 Å². The Bertz CT molecular complexity index is 388. The zero-order chi connectivity index (χ0) is 17.1. The van der Waals surface area contributed by atoms with Gasteiger partial charge in [-0.3, -0.25) is 0 Å². The van der Waals surface area contributed by atoms with Crippen LogP contribution in [-0.4, -0.2) is 112 Å². The van der Waals surface area contributed by atoms with Gasteiger partial charge in [0.05, 0.1) is 37.1 Å². The average molecular weight is 341 g/mol. The summed E-state index contributed by atoms with van der Waals surface area (Å²) >= 11 is 0. The van der Waals surface area contributed by atoms with E-state index in [9.17, 15) is 0 Å². The molecule has 0 spiro atoms. The smallest absolute Gasteiger partial charge is 0.0731 e. The van der Waals surface area contributed by atoms with E-state index in [0.717, 1.165) is 58.7 Å². The van der Waals surface area contributed by atoms with Gasteiger partial charge in [0.25, 0.3) is 0 Å². The molecule has 0 bridgehead atoms. The van der Waals surface area contributed by atoms with Crippen LogP contribution in [0.4, 0.5) is 0 Å². The molecule has 0 saturated carbocycles. The molecule has 24 heavy (non-hydrogen) atoms. The molecule has 0 aliphatic carbocycles. The zero-order valence-electron chi connectivity index (χ0n) is 15.8. The second-order valence-electron chi connectivity index (χ2n) is 8.12. The van der Waals surface area contributed by atoms with Gasteiger partial charge >= 0.3 is 0 Å². The summed E-state index contributed by atoms with van der Waals surface area (Å²) in [4.78, 5) is 7.13. The van der Waals surface area contributed by atoms with E-state index in [-0.39, 0.29) is 18.3 Å². The van der Waals surface area contributed by atoms with E-state index in [0.29, 0.717) is 12.2 Å². The molecule has 3 aliphatic rings. The zero-order valence-corrected chi connectivity index (χ0v) is 15.8. The molecule has 6 heteroatoms. The molecule has 3 heterocycles. The number of nitrogens with zero attached hydrogens (tertiary/aromatic N) is 3. The molecule has 5 atom stereocenters. The Kier molecular flexibility index (Phi) is 6.51. The van der Waals surface area contributed by atoms with Crippen molar-refractivity contribution in [3.63, 3.8) is 0 Å². The van der Waals surface area contributed by atoms with Crippen LogP contribution in [0, 0.1) is 0 Å². The Morgan fingerprint density at radius 2 is 1.25 bits per heavy atom. The van der Waals surface area contributed by atoms with Crippen molar-refractivity contribution in [3.8, 4) is 0 Å². The predicted molar refractivity (Wildman–Crippen MR) is 94.5 cm³/mol. The van der Waals surface area contributed by atoms with Crippen molar-refractivity contribution >= 4 is 0 Å². The van der Waals surface area contributed by atoms with Crippen molar-refractivity contribution in [2.45, 2.75) is 50.3 Å². The molecule has 0 N–H and O–H groups in total. The Hall–Kier alpha value is -0.240. The summed E-state index contributed by atoms with van der Waals surface area (Å²) < 4.78 is 18.5. The number of rotatable bonds is 4. The highest BCUT2D eigenvalue weighted by atomic mass is 16.5. The summed E-state index contributed by atoms with van der Waals surface area (Å²) in [5.41, 5.74) is 0. The molecule has 0 aromatic heterocycles. The number of morpholine rings is 3. The molecule has 3 fully saturated rings. The fourth-order valence-corrected chi connectivity index (χ4v) is 4.39. The molecular formula is C18H35N3O3. The maximum absolute atomic E-state index is 6.43. The second kappa shape index (κ2) is 8.43. The largest absolute Gasteiger partial charge is 0.375 e. The quantitative estimate of drug-likeness (QED) is 0.742. The Morgan fingerprint density at radius 3 is 1.88 bits per heavy atom. The Labute approximate surface area is 147 Å². The van der Waals surface area contributed by atoms with E-state index in [1.165, 1.54) is 0 Å². The minimum atomic E-state index is 0.263. The summed E-state index contributed by atoms with van der Waals surface area (Å²) in [7, 11) is 6.55. The van der Waals surface area contributed by atoms with E-state index in [1.54, 1.807) is 0 Å². The molecule has 6 nitrogen and oxygen atoms in total. The predicted octanol–water partition coefficient (Wildman–Crippen LogP) is 0.516. The van der Waals surface area contributed by atoms with Crippen molar-refractivity contribution in [2.75, 3.05) is 67.0 Å². The molecule has 3 rings (SSSR count). The van der Waals surface area contributed by atoms with Gasteiger partial charge in [0.15, 0.2) is 0 Å². The summed E-state index contributed by atoms with van der Waals surface area (Å²) in [5, 5.41) is 0. The first-order valence-electron chi connectivity index (χ1n) is 9.46. The third-order valence-electron chi connectivity index (χ3n) is 5.32. The SMILES string of the molecule is CC1CN(C)CC(C[C@H]2CN(C)CC(C[C@@H]3CN(C)CCO3)O2)O1. The topological polar surface area (TPSA) is 37.4 Å². The Balaban J connectivity index is 1.49. The highest BCUT2D eigenvalue weighted by molar-refractivity contribution is 4.84. The molecule has 0 aromatic carbocycles. The van der Waals surface area contributed by atoms with Crippen LogP contribution < -0.4 is 0 Å². The van der Waals surface area contributed by atoms with Gasteiger partial charge in [-0.25, -0.2) is 0 Å². The van der Waals surface area contributed by atoms with E-state index in [2.05, 4.69) is 42.8 Å². The van der Waals surface area contributed by atoms with Crippen molar-refractivity contribution in [2.24, 2.45) is 0 Å². The Morgan fingerprint density at radius 1 is 0.708 bits per heavy atom. The maximum atomic E-state index is 6.43. The summed E-state index contributed by atoms with van der Waals surface area (Å²) in [6.07, 6.45) is 3.42. The minimum absolute atomic E-state index is 0.263. The fourth-order valence-electron chi connectivity index (χ4n) is 4.39. The van der Waals surface area contributed by atoms with Crippen molar-refractivity contribution in [1.82, 2.24) is 14.7 Å². The molecular weight excluding hydrogens is 306 g/mol. The third-order valence-corrected chi connectivity index (χ3v) is 5.32. The average Bonchev–Trinajstić information content (AvgIpc) is 2.45. The lowest BCUT2D eigenvalue weighted by molar-refractivity contribution is -0.139. The first-order valence-corrected chi connectivity index (χ1v) is 9.46. The molecule has 0 amide bonds. The summed E-state index contributed by atoms with van der Waals surface area (Å²) in [6.45, 7) is 9.09. The molecule has 3 unspecified atom stereocenters. The fraction of sp³-hybridized carbons (Fsp3) is 1.00. The molecule has 3 saturated heterocycles. The minimum Gasteiger partial charge on any atom is -0.375 e. The van der Waals surface area contributed by atoms with Gasteiger partial charge in [0, 0.05) is 52.1 Å². The van der Waals surface area contributed by atoms with E-state index < -0.39 is 0 Å². The molecule has 140 valence electrons. The van der Waals surface area contributed by atoms with Crippen LogP contribution in [0.5, 0.6) is 0 Å². The van der Waals surface area contributed by atoms with Crippen LogP contribution >= 0.6 is 0 Å². The number of ether oxygens (including phenoxy) is 3. The van der Waals surface area contributed by atoms with Gasteiger partial charge < -0.3 is 28.9 Å². The van der Waals surface area contributed by atoms with Gasteiger partial charge in [-0.2, -0.15) is 0 Å². The lowest BCUT2D eigenvalue weighted by Crippen LogP contribution is -2.52. The lowest BCUT2D eigenvalue weighted by Gasteiger charge is -2.41. The number of hydrogen-bond donors (Lipinski definition) is 0. The normalized spacial score (nSPS) is 40.8. The van der Waals surface area contributed by atoms with Crippen LogP contribution in [0.25, 0.3) is 0 Å². The summed E-state index contributed by atoms with van der Waals surface area (Å²) in [6, 6.07) is 0. The second-order valence-corrected chi connectivity index (χ2v) is 8.12. The van der Waals surface area contributed by atoms with Crippen LogP contribution in [-0.2, 0) is 14.2 Å². The first kappa shape index (κ1) is 18.5. The van der Waals surface area contributed by atoms with E-state index in [4.69, 9.17) is 14.2 Å². The molecule has 3 aliphatic heterocycles. The third kappa shape index (κ3) is 5.38. The van der Waals surface area contributed by atoms with E-state index in [1.807, 2.05) is 0 Å². The van der Waals surface area contributed by atoms with Crippen LogP contribution in [0.2, 0.25) is 0 Å². The van der Waals surface area contributed by atoms with Gasteiger partial charge in [0.1, 0.15) is 0 Å². The highest BCUT2D eigenvalue weighted by Gasteiger charge is 2.33. The van der Waals surface area contributed by atoms with Crippen molar-refractivity contribution in [1.29, 1.82) is 0 Å². The lowest BCUT2D eigenvalue weighted by atomic mass is 10.0. The van der Waals surface area contributed by atoms with Gasteiger partial charge in [-0.05, 0) is 28.1 Å². The first-order chi connectivity index (χ1) is 11.5. The molecule has 0 radical (unpaired) electrons. The van der Waals surface area contributed by atoms with Crippen LogP contribution in [0.1, 0.15) is 19.8 Å². The number of likely N-dealkylation sites (N-methyl/N-ethyl adjacent to an activating group) is 3. The van der Waals surface area contributed by atoms with E-state index >= 15 is 0 Å². The van der Waals surface area contributed by atoms with Crippen molar-refractivity contribution in [3.05, 3.63) is 0 Å². The maximum Gasteiger partial charge on any atom is 0.0731 e. The monoisotopic (exact) mass is 341 g/mol. The highest BCUT2D eigenvalue weighted by Crippen LogP contribution is 2.22. The van der Waals surface area contributed by atoms with Gasteiger partial charge in [-0.15, -0.1) is 0 Å².